The Balaban J connectivity index is 2.16. The summed E-state index contributed by atoms with van der Waals surface area (Å²) in [7, 11) is 0. The van der Waals surface area contributed by atoms with Gasteiger partial charge in [-0.1, -0.05) is 27.7 Å². The van der Waals surface area contributed by atoms with Gasteiger partial charge in [0.1, 0.15) is 0 Å². The van der Waals surface area contributed by atoms with Crippen LogP contribution in [0.1, 0.15) is 34.1 Å². The van der Waals surface area contributed by atoms with E-state index < -0.39 is 0 Å². The molecule has 5 atom stereocenters. The molecule has 0 aromatic carbocycles. The Morgan fingerprint density at radius 3 is 2.44 bits per heavy atom. The second kappa shape index (κ2) is 4.63. The monoisotopic (exact) mass is 227 g/mol. The lowest BCUT2D eigenvalue weighted by atomic mass is 9.72. The van der Waals surface area contributed by atoms with Crippen LogP contribution in [0, 0.1) is 17.8 Å². The summed E-state index contributed by atoms with van der Waals surface area (Å²) in [6.07, 6.45) is 0.973. The molecule has 0 aliphatic carbocycles. The first-order valence-electron chi connectivity index (χ1n) is 6.56. The van der Waals surface area contributed by atoms with E-state index in [0.717, 1.165) is 6.42 Å². The number of hydrogen-bond donors (Lipinski definition) is 2. The summed E-state index contributed by atoms with van der Waals surface area (Å²) in [5.74, 6) is 1.79. The van der Waals surface area contributed by atoms with Gasteiger partial charge in [-0.3, -0.25) is 0 Å². The van der Waals surface area contributed by atoms with E-state index in [0.29, 0.717) is 36.5 Å². The summed E-state index contributed by atoms with van der Waals surface area (Å²) < 4.78 is 5.83. The van der Waals surface area contributed by atoms with E-state index in [4.69, 9.17) is 4.74 Å². The molecule has 0 radical (unpaired) electrons. The zero-order valence-electron chi connectivity index (χ0n) is 10.8. The van der Waals surface area contributed by atoms with Crippen molar-refractivity contribution in [2.24, 2.45) is 17.8 Å². The minimum absolute atomic E-state index is 0.237. The van der Waals surface area contributed by atoms with Gasteiger partial charge in [0.15, 0.2) is 0 Å². The van der Waals surface area contributed by atoms with Crippen molar-refractivity contribution < 1.29 is 9.84 Å². The molecular weight excluding hydrogens is 202 g/mol. The molecule has 2 heterocycles. The highest BCUT2D eigenvalue weighted by Crippen LogP contribution is 2.36. The van der Waals surface area contributed by atoms with Crippen molar-refractivity contribution in [2.45, 2.75) is 58.4 Å². The molecule has 2 saturated heterocycles. The molecule has 2 N–H and O–H groups in total. The van der Waals surface area contributed by atoms with Crippen LogP contribution in [0.3, 0.4) is 0 Å². The average Bonchev–Trinajstić information content (AvgIpc) is 2.22. The molecule has 3 heteroatoms. The van der Waals surface area contributed by atoms with Gasteiger partial charge in [-0.15, -0.1) is 0 Å². The molecule has 0 spiro atoms. The summed E-state index contributed by atoms with van der Waals surface area (Å²) in [6.45, 7) is 9.55. The van der Waals surface area contributed by atoms with Crippen LogP contribution >= 0.6 is 0 Å². The van der Waals surface area contributed by atoms with Crippen molar-refractivity contribution in [1.82, 2.24) is 5.32 Å². The third kappa shape index (κ3) is 2.13. The highest BCUT2D eigenvalue weighted by molar-refractivity contribution is 4.99. The van der Waals surface area contributed by atoms with Crippen LogP contribution in [-0.2, 0) is 4.74 Å². The zero-order valence-corrected chi connectivity index (χ0v) is 10.8. The van der Waals surface area contributed by atoms with Crippen molar-refractivity contribution in [3.05, 3.63) is 0 Å². The van der Waals surface area contributed by atoms with Gasteiger partial charge in [0.05, 0.1) is 18.8 Å². The summed E-state index contributed by atoms with van der Waals surface area (Å²) in [6, 6.07) is 0.708. The van der Waals surface area contributed by atoms with Crippen molar-refractivity contribution in [1.29, 1.82) is 0 Å². The van der Waals surface area contributed by atoms with Crippen LogP contribution in [0.15, 0.2) is 0 Å². The fraction of sp³-hybridized carbons (Fsp3) is 1.00. The molecule has 3 nitrogen and oxygen atoms in total. The van der Waals surface area contributed by atoms with E-state index >= 15 is 0 Å². The van der Waals surface area contributed by atoms with Crippen molar-refractivity contribution in [3.8, 4) is 0 Å². The highest BCUT2D eigenvalue weighted by Gasteiger charge is 2.45. The predicted molar refractivity (Wildman–Crippen MR) is 64.2 cm³/mol. The van der Waals surface area contributed by atoms with E-state index in [1.807, 2.05) is 0 Å². The number of nitrogens with one attached hydrogen (secondary N) is 1. The van der Waals surface area contributed by atoms with E-state index in [2.05, 4.69) is 33.0 Å². The Morgan fingerprint density at radius 2 is 1.88 bits per heavy atom. The standard InChI is InChI=1S/C13H25NO2/c1-7(2)12-11-5-9(10(15)6-16-11)14-13(12)8(3)4/h7-15H,5-6H2,1-4H3/t9?,10-,11-,12?,13?/m1/s1. The maximum Gasteiger partial charge on any atom is 0.0927 e. The van der Waals surface area contributed by atoms with Gasteiger partial charge >= 0.3 is 0 Å². The SMILES string of the molecule is CC(C)C1NC2C[C@@H](OC[C@H]2O)C1C(C)C. The highest BCUT2D eigenvalue weighted by atomic mass is 16.5. The number of piperidine rings is 1. The largest absolute Gasteiger partial charge is 0.389 e. The van der Waals surface area contributed by atoms with Gasteiger partial charge < -0.3 is 15.2 Å². The molecule has 2 rings (SSSR count). The summed E-state index contributed by atoms with van der Waals surface area (Å²) in [5.41, 5.74) is 0. The average molecular weight is 227 g/mol. The molecule has 2 bridgehead atoms. The van der Waals surface area contributed by atoms with Crippen LogP contribution in [0.25, 0.3) is 0 Å². The van der Waals surface area contributed by atoms with E-state index in [1.165, 1.54) is 0 Å². The Hall–Kier alpha value is -0.120. The molecule has 94 valence electrons. The topological polar surface area (TPSA) is 41.5 Å². The van der Waals surface area contributed by atoms with Crippen LogP contribution < -0.4 is 5.32 Å². The summed E-state index contributed by atoms with van der Waals surface area (Å²) >= 11 is 0. The lowest BCUT2D eigenvalue weighted by Gasteiger charge is -2.50. The first-order chi connectivity index (χ1) is 7.50. The van der Waals surface area contributed by atoms with Gasteiger partial charge in [0.25, 0.3) is 0 Å². The number of aliphatic hydroxyl groups is 1. The molecule has 0 aromatic rings. The number of fused-ring (bicyclic) bond motifs is 2. The second-order valence-corrected chi connectivity index (χ2v) is 6.04. The Kier molecular flexibility index (Phi) is 3.57. The Morgan fingerprint density at radius 1 is 1.19 bits per heavy atom. The molecule has 16 heavy (non-hydrogen) atoms. The molecule has 2 aliphatic heterocycles. The lowest BCUT2D eigenvalue weighted by molar-refractivity contribution is -0.139. The van der Waals surface area contributed by atoms with Crippen molar-refractivity contribution in [3.63, 3.8) is 0 Å². The third-order valence-electron chi connectivity index (χ3n) is 4.17. The van der Waals surface area contributed by atoms with E-state index in [-0.39, 0.29) is 12.1 Å². The summed E-state index contributed by atoms with van der Waals surface area (Å²) in [4.78, 5) is 0. The Labute approximate surface area is 98.6 Å². The normalized spacial score (nSPS) is 44.1. The number of rotatable bonds is 2. The van der Waals surface area contributed by atoms with E-state index in [9.17, 15) is 5.11 Å². The van der Waals surface area contributed by atoms with Gasteiger partial charge in [-0.05, 0) is 18.3 Å². The molecule has 0 amide bonds. The molecule has 0 aromatic heterocycles. The molecule has 2 aliphatic rings. The van der Waals surface area contributed by atoms with Crippen LogP contribution in [0.5, 0.6) is 0 Å². The zero-order chi connectivity index (χ0) is 11.9. The Bertz CT molecular complexity index is 242. The fourth-order valence-electron chi connectivity index (χ4n) is 3.33. The molecule has 0 saturated carbocycles. The maximum absolute atomic E-state index is 9.86. The first-order valence-corrected chi connectivity index (χ1v) is 6.56. The smallest absolute Gasteiger partial charge is 0.0927 e. The maximum atomic E-state index is 9.86. The lowest BCUT2D eigenvalue weighted by Crippen LogP contribution is -2.64. The minimum atomic E-state index is -0.328. The third-order valence-corrected chi connectivity index (χ3v) is 4.17. The summed E-state index contributed by atoms with van der Waals surface area (Å²) in [5, 5.41) is 13.5. The number of aliphatic hydroxyl groups excluding tert-OH is 1. The van der Waals surface area contributed by atoms with Gasteiger partial charge in [-0.25, -0.2) is 0 Å². The van der Waals surface area contributed by atoms with Crippen LogP contribution in [-0.4, -0.2) is 36.0 Å². The van der Waals surface area contributed by atoms with Gasteiger partial charge in [0.2, 0.25) is 0 Å². The molecular formula is C13H25NO2. The van der Waals surface area contributed by atoms with Gasteiger partial charge in [0, 0.05) is 18.0 Å². The number of hydrogen-bond acceptors (Lipinski definition) is 3. The second-order valence-electron chi connectivity index (χ2n) is 6.04. The van der Waals surface area contributed by atoms with Crippen LogP contribution in [0.4, 0.5) is 0 Å². The van der Waals surface area contributed by atoms with Crippen molar-refractivity contribution in [2.75, 3.05) is 6.61 Å². The molecule has 2 fully saturated rings. The molecule has 3 unspecified atom stereocenters. The van der Waals surface area contributed by atoms with Crippen molar-refractivity contribution >= 4 is 0 Å². The van der Waals surface area contributed by atoms with E-state index in [1.54, 1.807) is 0 Å². The van der Waals surface area contributed by atoms with Gasteiger partial charge in [-0.2, -0.15) is 0 Å². The quantitative estimate of drug-likeness (QED) is 0.749. The predicted octanol–water partition coefficient (Wildman–Crippen LogP) is 1.40. The number of ether oxygens (including phenoxy) is 1. The van der Waals surface area contributed by atoms with Crippen LogP contribution in [0.2, 0.25) is 0 Å². The first kappa shape index (κ1) is 12.3. The fourth-order valence-corrected chi connectivity index (χ4v) is 3.33. The minimum Gasteiger partial charge on any atom is -0.389 e.